The molecule has 0 radical (unpaired) electrons. The summed E-state index contributed by atoms with van der Waals surface area (Å²) in [7, 11) is 0. The molecule has 1 aromatic heterocycles. The molecule has 1 aliphatic rings. The fourth-order valence-corrected chi connectivity index (χ4v) is 2.89. The van der Waals surface area contributed by atoms with Crippen LogP contribution in [0.2, 0.25) is 5.02 Å². The van der Waals surface area contributed by atoms with Crippen LogP contribution in [0.25, 0.3) is 11.3 Å². The van der Waals surface area contributed by atoms with Crippen molar-refractivity contribution in [2.75, 3.05) is 11.4 Å². The highest BCUT2D eigenvalue weighted by Crippen LogP contribution is 2.28. The molecular weight excluding hydrogens is 302 g/mol. The summed E-state index contributed by atoms with van der Waals surface area (Å²) in [5, 5.41) is 9.98. The molecular formula is C16H16ClN3O2. The van der Waals surface area contributed by atoms with E-state index in [2.05, 4.69) is 9.97 Å². The lowest BCUT2D eigenvalue weighted by Crippen LogP contribution is -2.36. The van der Waals surface area contributed by atoms with E-state index in [0.717, 1.165) is 23.2 Å². The lowest BCUT2D eigenvalue weighted by molar-refractivity contribution is -0.138. The molecule has 0 amide bonds. The van der Waals surface area contributed by atoms with E-state index >= 15 is 0 Å². The smallest absolute Gasteiger partial charge is 0.326 e. The van der Waals surface area contributed by atoms with Gasteiger partial charge in [0.2, 0.25) is 0 Å². The highest BCUT2D eigenvalue weighted by molar-refractivity contribution is 6.31. The maximum Gasteiger partial charge on any atom is 0.326 e. The minimum Gasteiger partial charge on any atom is -0.480 e. The molecule has 5 nitrogen and oxygen atoms in total. The topological polar surface area (TPSA) is 66.3 Å². The predicted octanol–water partition coefficient (Wildman–Crippen LogP) is 3.16. The van der Waals surface area contributed by atoms with Gasteiger partial charge in [0.05, 0.1) is 5.69 Å². The quantitative estimate of drug-likeness (QED) is 0.942. The van der Waals surface area contributed by atoms with E-state index in [1.807, 2.05) is 36.1 Å². The summed E-state index contributed by atoms with van der Waals surface area (Å²) < 4.78 is 0. The van der Waals surface area contributed by atoms with Gasteiger partial charge < -0.3 is 10.0 Å². The van der Waals surface area contributed by atoms with Gasteiger partial charge in [0, 0.05) is 23.2 Å². The van der Waals surface area contributed by atoms with Gasteiger partial charge in [0.15, 0.2) is 0 Å². The molecule has 0 saturated carbocycles. The average molecular weight is 318 g/mol. The number of aromatic nitrogens is 2. The summed E-state index contributed by atoms with van der Waals surface area (Å²) in [5.41, 5.74) is 2.64. The van der Waals surface area contributed by atoms with Crippen molar-refractivity contribution in [2.24, 2.45) is 0 Å². The molecule has 1 saturated heterocycles. The van der Waals surface area contributed by atoms with Crippen LogP contribution >= 0.6 is 11.6 Å². The van der Waals surface area contributed by atoms with Crippen molar-refractivity contribution in [2.45, 2.75) is 25.8 Å². The van der Waals surface area contributed by atoms with Crippen LogP contribution in [0.1, 0.15) is 18.4 Å². The number of benzene rings is 1. The molecule has 1 aromatic carbocycles. The van der Waals surface area contributed by atoms with Gasteiger partial charge in [0.25, 0.3) is 0 Å². The van der Waals surface area contributed by atoms with E-state index in [-0.39, 0.29) is 0 Å². The number of carbonyl (C=O) groups is 1. The summed E-state index contributed by atoms with van der Waals surface area (Å²) in [6.45, 7) is 2.64. The van der Waals surface area contributed by atoms with Crippen molar-refractivity contribution in [1.82, 2.24) is 9.97 Å². The zero-order valence-electron chi connectivity index (χ0n) is 12.2. The Morgan fingerprint density at radius 2 is 2.18 bits per heavy atom. The monoisotopic (exact) mass is 317 g/mol. The molecule has 0 bridgehead atoms. The third-order valence-corrected chi connectivity index (χ3v) is 4.36. The fourth-order valence-electron chi connectivity index (χ4n) is 2.71. The Kier molecular flexibility index (Phi) is 3.98. The zero-order chi connectivity index (χ0) is 15.7. The summed E-state index contributed by atoms with van der Waals surface area (Å²) in [5.74, 6) is -0.164. The Labute approximate surface area is 133 Å². The van der Waals surface area contributed by atoms with Gasteiger partial charge in [0.1, 0.15) is 18.2 Å². The van der Waals surface area contributed by atoms with Crippen LogP contribution in [-0.2, 0) is 4.79 Å². The number of nitrogens with zero attached hydrogens (tertiary/aromatic N) is 3. The summed E-state index contributed by atoms with van der Waals surface area (Å²) in [6.07, 6.45) is 2.97. The molecule has 114 valence electrons. The summed E-state index contributed by atoms with van der Waals surface area (Å²) in [6, 6.07) is 7.06. The molecule has 1 atom stereocenters. The van der Waals surface area contributed by atoms with Crippen LogP contribution in [0.5, 0.6) is 0 Å². The van der Waals surface area contributed by atoms with Gasteiger partial charge in [-0.15, -0.1) is 0 Å². The van der Waals surface area contributed by atoms with E-state index in [4.69, 9.17) is 11.6 Å². The van der Waals surface area contributed by atoms with Crippen molar-refractivity contribution < 1.29 is 9.90 Å². The number of hydrogen-bond donors (Lipinski definition) is 1. The molecule has 1 fully saturated rings. The van der Waals surface area contributed by atoms with Crippen molar-refractivity contribution in [3.05, 3.63) is 41.2 Å². The largest absolute Gasteiger partial charge is 0.480 e. The van der Waals surface area contributed by atoms with Crippen molar-refractivity contribution in [3.8, 4) is 11.3 Å². The van der Waals surface area contributed by atoms with Crippen molar-refractivity contribution in [1.29, 1.82) is 0 Å². The number of aryl methyl sites for hydroxylation is 1. The average Bonchev–Trinajstić information content (AvgIpc) is 3.00. The third-order valence-electron chi connectivity index (χ3n) is 3.95. The Hall–Kier alpha value is -2.14. The van der Waals surface area contributed by atoms with Crippen molar-refractivity contribution in [3.63, 3.8) is 0 Å². The minimum atomic E-state index is -0.809. The third kappa shape index (κ3) is 2.76. The first-order valence-corrected chi connectivity index (χ1v) is 7.52. The zero-order valence-corrected chi connectivity index (χ0v) is 12.9. The van der Waals surface area contributed by atoms with Gasteiger partial charge in [-0.1, -0.05) is 23.7 Å². The first-order chi connectivity index (χ1) is 10.6. The number of carboxylic acids is 1. The van der Waals surface area contributed by atoms with Crippen LogP contribution in [0.4, 0.5) is 5.82 Å². The van der Waals surface area contributed by atoms with Crippen LogP contribution < -0.4 is 4.90 Å². The maximum atomic E-state index is 11.3. The molecule has 6 heteroatoms. The number of aliphatic carboxylic acids is 1. The highest BCUT2D eigenvalue weighted by Gasteiger charge is 2.31. The van der Waals surface area contributed by atoms with E-state index in [1.54, 1.807) is 0 Å². The second-order valence-electron chi connectivity index (χ2n) is 5.42. The van der Waals surface area contributed by atoms with E-state index < -0.39 is 12.0 Å². The van der Waals surface area contributed by atoms with Crippen LogP contribution in [0.15, 0.2) is 30.6 Å². The SMILES string of the molecule is Cc1ccc(-c2cc(N3CCCC3C(=O)O)ncn2)cc1Cl. The predicted molar refractivity (Wildman–Crippen MR) is 85.2 cm³/mol. The Morgan fingerprint density at radius 3 is 2.91 bits per heavy atom. The number of carboxylic acid groups (broad SMARTS) is 1. The Bertz CT molecular complexity index is 720. The van der Waals surface area contributed by atoms with E-state index in [0.29, 0.717) is 23.8 Å². The Balaban J connectivity index is 1.95. The van der Waals surface area contributed by atoms with Gasteiger partial charge in [-0.3, -0.25) is 0 Å². The molecule has 0 spiro atoms. The number of anilines is 1. The maximum absolute atomic E-state index is 11.3. The second kappa shape index (κ2) is 5.93. The number of halogens is 1. The van der Waals surface area contributed by atoms with Gasteiger partial charge >= 0.3 is 5.97 Å². The minimum absolute atomic E-state index is 0.510. The van der Waals surface area contributed by atoms with E-state index in [9.17, 15) is 9.90 Å². The fraction of sp³-hybridized carbons (Fsp3) is 0.312. The molecule has 1 unspecified atom stereocenters. The standard InChI is InChI=1S/C16H16ClN3O2/c1-10-4-5-11(7-12(10)17)13-8-15(19-9-18-13)20-6-2-3-14(20)16(21)22/h4-5,7-9,14H,2-3,6H2,1H3,(H,21,22). The van der Waals surface area contributed by atoms with E-state index in [1.165, 1.54) is 6.33 Å². The van der Waals surface area contributed by atoms with Crippen LogP contribution in [0, 0.1) is 6.92 Å². The number of hydrogen-bond acceptors (Lipinski definition) is 4. The molecule has 1 aliphatic heterocycles. The lowest BCUT2D eigenvalue weighted by atomic mass is 10.1. The molecule has 2 aromatic rings. The van der Waals surface area contributed by atoms with Gasteiger partial charge in [-0.2, -0.15) is 0 Å². The van der Waals surface area contributed by atoms with Gasteiger partial charge in [-0.05, 0) is 31.4 Å². The Morgan fingerprint density at radius 1 is 1.36 bits per heavy atom. The van der Waals surface area contributed by atoms with Crippen LogP contribution in [0.3, 0.4) is 0 Å². The van der Waals surface area contributed by atoms with Crippen molar-refractivity contribution >= 4 is 23.4 Å². The molecule has 1 N–H and O–H groups in total. The first-order valence-electron chi connectivity index (χ1n) is 7.14. The lowest BCUT2D eigenvalue weighted by Gasteiger charge is -2.22. The molecule has 2 heterocycles. The van der Waals surface area contributed by atoms with Crippen LogP contribution in [-0.4, -0.2) is 33.6 Å². The summed E-state index contributed by atoms with van der Waals surface area (Å²) >= 11 is 6.16. The highest BCUT2D eigenvalue weighted by atomic mass is 35.5. The molecule has 3 rings (SSSR count). The number of rotatable bonds is 3. The molecule has 0 aliphatic carbocycles. The first kappa shape index (κ1) is 14.8. The molecule has 22 heavy (non-hydrogen) atoms. The summed E-state index contributed by atoms with van der Waals surface area (Å²) in [4.78, 5) is 21.7. The second-order valence-corrected chi connectivity index (χ2v) is 5.82. The normalized spacial score (nSPS) is 17.7. The van der Waals surface area contributed by atoms with Gasteiger partial charge in [-0.25, -0.2) is 14.8 Å².